The van der Waals surface area contributed by atoms with Crippen LogP contribution in [0.3, 0.4) is 0 Å². The van der Waals surface area contributed by atoms with Crippen molar-refractivity contribution in [2.45, 2.75) is 12.5 Å². The van der Waals surface area contributed by atoms with Crippen molar-refractivity contribution in [3.8, 4) is 0 Å². The molecule has 0 saturated heterocycles. The van der Waals surface area contributed by atoms with E-state index in [1.165, 1.54) is 7.11 Å². The third-order valence-electron chi connectivity index (χ3n) is 5.03. The second kappa shape index (κ2) is 8.63. The van der Waals surface area contributed by atoms with Gasteiger partial charge in [0.2, 0.25) is 0 Å². The molecular formula is C24H19BrN2O3. The summed E-state index contributed by atoms with van der Waals surface area (Å²) in [7, 11) is 1.35. The minimum absolute atomic E-state index is 0.155. The molecule has 0 radical (unpaired) electrons. The molecule has 0 N–H and O–H groups in total. The van der Waals surface area contributed by atoms with E-state index in [2.05, 4.69) is 21.0 Å². The molecule has 4 rings (SSSR count). The largest absolute Gasteiger partial charge is 0.465 e. The monoisotopic (exact) mass is 462 g/mol. The third-order valence-corrected chi connectivity index (χ3v) is 5.56. The summed E-state index contributed by atoms with van der Waals surface area (Å²) in [6.45, 7) is 0. The summed E-state index contributed by atoms with van der Waals surface area (Å²) >= 11 is 3.40. The lowest BCUT2D eigenvalue weighted by atomic mass is 9.97. The van der Waals surface area contributed by atoms with Gasteiger partial charge >= 0.3 is 5.97 Å². The van der Waals surface area contributed by atoms with Crippen LogP contribution in [0.25, 0.3) is 0 Å². The SMILES string of the molecule is COC(=O)c1ccc(C2=NN(C(=O)c3ccc(Br)cc3)C(c3ccccc3)C2)cc1. The summed E-state index contributed by atoms with van der Waals surface area (Å²) in [5.41, 5.74) is 3.74. The zero-order valence-electron chi connectivity index (χ0n) is 16.3. The topological polar surface area (TPSA) is 59.0 Å². The van der Waals surface area contributed by atoms with Crippen LogP contribution in [0, 0.1) is 0 Å². The molecular weight excluding hydrogens is 444 g/mol. The van der Waals surface area contributed by atoms with Crippen LogP contribution < -0.4 is 0 Å². The highest BCUT2D eigenvalue weighted by Gasteiger charge is 2.33. The highest BCUT2D eigenvalue weighted by molar-refractivity contribution is 9.10. The highest BCUT2D eigenvalue weighted by Crippen LogP contribution is 2.34. The van der Waals surface area contributed by atoms with Crippen molar-refractivity contribution in [3.63, 3.8) is 0 Å². The van der Waals surface area contributed by atoms with Crippen LogP contribution in [0.4, 0.5) is 0 Å². The second-order valence-electron chi connectivity index (χ2n) is 6.90. The molecule has 1 amide bonds. The van der Waals surface area contributed by atoms with E-state index in [-0.39, 0.29) is 17.9 Å². The van der Waals surface area contributed by atoms with E-state index in [9.17, 15) is 9.59 Å². The average Bonchev–Trinajstić information content (AvgIpc) is 3.25. The fourth-order valence-electron chi connectivity index (χ4n) is 3.45. The number of hydrogen-bond donors (Lipinski definition) is 0. The van der Waals surface area contributed by atoms with Crippen molar-refractivity contribution in [1.29, 1.82) is 0 Å². The number of methoxy groups -OCH3 is 1. The van der Waals surface area contributed by atoms with Crippen molar-refractivity contribution < 1.29 is 14.3 Å². The van der Waals surface area contributed by atoms with E-state index in [4.69, 9.17) is 4.74 Å². The minimum atomic E-state index is -0.385. The van der Waals surface area contributed by atoms with Crippen LogP contribution in [0.2, 0.25) is 0 Å². The van der Waals surface area contributed by atoms with Gasteiger partial charge in [-0.15, -0.1) is 0 Å². The Balaban J connectivity index is 1.68. The summed E-state index contributed by atoms with van der Waals surface area (Å²) in [4.78, 5) is 24.9. The lowest BCUT2D eigenvalue weighted by Crippen LogP contribution is -2.27. The van der Waals surface area contributed by atoms with E-state index in [0.29, 0.717) is 17.5 Å². The third kappa shape index (κ3) is 4.04. The van der Waals surface area contributed by atoms with Gasteiger partial charge in [0.1, 0.15) is 0 Å². The Kier molecular flexibility index (Phi) is 5.77. The van der Waals surface area contributed by atoms with E-state index in [1.807, 2.05) is 54.6 Å². The van der Waals surface area contributed by atoms with Crippen LogP contribution in [0.15, 0.2) is 88.4 Å². The Morgan fingerprint density at radius 3 is 2.20 bits per heavy atom. The van der Waals surface area contributed by atoms with E-state index in [0.717, 1.165) is 21.3 Å². The van der Waals surface area contributed by atoms with Crippen LogP contribution in [-0.4, -0.2) is 29.7 Å². The number of hydrazone groups is 1. The molecule has 0 fully saturated rings. The van der Waals surface area contributed by atoms with Crippen LogP contribution in [-0.2, 0) is 4.74 Å². The standard InChI is InChI=1S/C24H19BrN2O3/c1-30-24(29)19-9-7-16(8-10-19)21-15-22(17-5-3-2-4-6-17)27(26-21)23(28)18-11-13-20(25)14-12-18/h2-14,22H,15H2,1H3. The van der Waals surface area contributed by atoms with Gasteiger partial charge in [-0.1, -0.05) is 58.4 Å². The summed E-state index contributed by atoms with van der Waals surface area (Å²) < 4.78 is 5.67. The van der Waals surface area contributed by atoms with Crippen molar-refractivity contribution in [1.82, 2.24) is 5.01 Å². The molecule has 6 heteroatoms. The van der Waals surface area contributed by atoms with E-state index >= 15 is 0 Å². The van der Waals surface area contributed by atoms with Crippen molar-refractivity contribution in [2.75, 3.05) is 7.11 Å². The molecule has 0 saturated carbocycles. The maximum atomic E-state index is 13.2. The summed E-state index contributed by atoms with van der Waals surface area (Å²) in [6.07, 6.45) is 0.587. The highest BCUT2D eigenvalue weighted by atomic mass is 79.9. The van der Waals surface area contributed by atoms with Crippen molar-refractivity contribution >= 4 is 33.5 Å². The van der Waals surface area contributed by atoms with Crippen molar-refractivity contribution in [2.24, 2.45) is 5.10 Å². The number of esters is 1. The number of nitrogens with zero attached hydrogens (tertiary/aromatic N) is 2. The molecule has 1 atom stereocenters. The second-order valence-corrected chi connectivity index (χ2v) is 7.82. The Hall–Kier alpha value is -3.25. The molecule has 1 aliphatic heterocycles. The average molecular weight is 463 g/mol. The number of hydrogen-bond acceptors (Lipinski definition) is 4. The first-order valence-corrected chi connectivity index (χ1v) is 10.3. The van der Waals surface area contributed by atoms with Gasteiger partial charge in [0.15, 0.2) is 0 Å². The van der Waals surface area contributed by atoms with E-state index < -0.39 is 0 Å². The summed E-state index contributed by atoms with van der Waals surface area (Å²) in [5, 5.41) is 6.24. The first-order valence-electron chi connectivity index (χ1n) is 9.47. The Morgan fingerprint density at radius 2 is 1.57 bits per heavy atom. The summed E-state index contributed by atoms with van der Waals surface area (Å²) in [5.74, 6) is -0.540. The van der Waals surface area contributed by atoms with Crippen LogP contribution in [0.5, 0.6) is 0 Å². The molecule has 150 valence electrons. The molecule has 0 aromatic heterocycles. The lowest BCUT2D eigenvalue weighted by Gasteiger charge is -2.22. The summed E-state index contributed by atoms with van der Waals surface area (Å²) in [6, 6.07) is 24.0. The number of benzene rings is 3. The first kappa shape index (κ1) is 20.0. The smallest absolute Gasteiger partial charge is 0.337 e. The molecule has 0 bridgehead atoms. The Bertz CT molecular complexity index is 1090. The lowest BCUT2D eigenvalue weighted by molar-refractivity contribution is 0.0600. The van der Waals surface area contributed by atoms with Gasteiger partial charge in [-0.2, -0.15) is 5.10 Å². The van der Waals surface area contributed by atoms with Gasteiger partial charge in [-0.25, -0.2) is 9.80 Å². The molecule has 1 aliphatic rings. The molecule has 3 aromatic carbocycles. The number of carbonyl (C=O) groups excluding carboxylic acids is 2. The maximum Gasteiger partial charge on any atom is 0.337 e. The molecule has 1 unspecified atom stereocenters. The molecule has 0 spiro atoms. The molecule has 5 nitrogen and oxygen atoms in total. The van der Waals surface area contributed by atoms with Crippen LogP contribution >= 0.6 is 15.9 Å². The van der Waals surface area contributed by atoms with Crippen molar-refractivity contribution in [3.05, 3.63) is 106 Å². The Morgan fingerprint density at radius 1 is 0.933 bits per heavy atom. The first-order chi connectivity index (χ1) is 14.6. The number of halogens is 1. The Labute approximate surface area is 183 Å². The van der Waals surface area contributed by atoms with Gasteiger partial charge in [0.25, 0.3) is 5.91 Å². The predicted molar refractivity (Wildman–Crippen MR) is 118 cm³/mol. The number of amides is 1. The fraction of sp³-hybridized carbons (Fsp3) is 0.125. The molecule has 3 aromatic rings. The molecule has 30 heavy (non-hydrogen) atoms. The molecule has 0 aliphatic carbocycles. The zero-order chi connectivity index (χ0) is 21.1. The van der Waals surface area contributed by atoms with Crippen LogP contribution in [0.1, 0.15) is 44.3 Å². The molecule has 1 heterocycles. The van der Waals surface area contributed by atoms with Gasteiger partial charge in [0.05, 0.1) is 24.4 Å². The van der Waals surface area contributed by atoms with Gasteiger partial charge in [-0.05, 0) is 47.5 Å². The number of ether oxygens (including phenoxy) is 1. The van der Waals surface area contributed by atoms with E-state index in [1.54, 1.807) is 29.3 Å². The van der Waals surface area contributed by atoms with Gasteiger partial charge < -0.3 is 4.74 Å². The number of rotatable bonds is 4. The predicted octanol–water partition coefficient (Wildman–Crippen LogP) is 5.23. The quantitative estimate of drug-likeness (QED) is 0.498. The fourth-order valence-corrected chi connectivity index (χ4v) is 3.71. The van der Waals surface area contributed by atoms with Gasteiger partial charge in [0, 0.05) is 16.5 Å². The number of carbonyl (C=O) groups is 2. The maximum absolute atomic E-state index is 13.2. The normalized spacial score (nSPS) is 15.6. The minimum Gasteiger partial charge on any atom is -0.465 e. The zero-order valence-corrected chi connectivity index (χ0v) is 17.9. The van der Waals surface area contributed by atoms with Gasteiger partial charge in [-0.3, -0.25) is 4.79 Å².